The number of nitrogens with two attached hydrogens (primary N) is 2. The number of carbonyl (C=O) groups is 1. The van der Waals surface area contributed by atoms with Crippen LogP contribution in [0.25, 0.3) is 0 Å². The van der Waals surface area contributed by atoms with Crippen LogP contribution in [0, 0.1) is 0 Å². The van der Waals surface area contributed by atoms with E-state index in [1.165, 1.54) is 11.1 Å². The monoisotopic (exact) mass is 585 g/mol. The average Bonchev–Trinajstić information content (AvgIpc) is 3.48. The third-order valence-corrected chi connectivity index (χ3v) is 8.67. The predicted octanol–water partition coefficient (Wildman–Crippen LogP) is 3.47. The van der Waals surface area contributed by atoms with Gasteiger partial charge in [0.2, 0.25) is 0 Å². The molecule has 0 unspecified atom stereocenters. The Labute approximate surface area is 245 Å². The third kappa shape index (κ3) is 6.52. The number of primary amides is 1. The van der Waals surface area contributed by atoms with E-state index >= 15 is 0 Å². The fourth-order valence-corrected chi connectivity index (χ4v) is 6.45. The van der Waals surface area contributed by atoms with Gasteiger partial charge in [-0.15, -0.1) is 0 Å². The fourth-order valence-electron chi connectivity index (χ4n) is 6.01. The maximum absolute atomic E-state index is 11.6. The van der Waals surface area contributed by atoms with Gasteiger partial charge < -0.3 is 20.9 Å². The number of likely N-dealkylation sites (tertiary alicyclic amines) is 1. The van der Waals surface area contributed by atoms with Gasteiger partial charge in [-0.25, -0.2) is 15.0 Å². The van der Waals surface area contributed by atoms with Crippen molar-refractivity contribution in [2.75, 3.05) is 43.4 Å². The van der Waals surface area contributed by atoms with Crippen LogP contribution in [0.4, 0.5) is 11.6 Å². The third-order valence-electron chi connectivity index (χ3n) is 8.18. The van der Waals surface area contributed by atoms with E-state index in [2.05, 4.69) is 53.3 Å². The first kappa shape index (κ1) is 28.6. The number of hydrogen-bond acceptors (Lipinski definition) is 8. The van der Waals surface area contributed by atoms with Gasteiger partial charge >= 0.3 is 0 Å². The number of piperazine rings is 1. The fraction of sp³-hybridized carbons (Fsp3) is 0.500. The second-order valence-corrected chi connectivity index (χ2v) is 11.4. The molecule has 214 valence electrons. The van der Waals surface area contributed by atoms with Crippen LogP contribution in [-0.4, -0.2) is 80.0 Å². The molecule has 1 atom stereocenters. The van der Waals surface area contributed by atoms with Gasteiger partial charge in [0, 0.05) is 62.2 Å². The number of nitrogen functional groups attached to an aromatic ring is 1. The molecule has 2 aliphatic heterocycles. The van der Waals surface area contributed by atoms with Crippen LogP contribution in [0.15, 0.2) is 36.9 Å². The Bertz CT molecular complexity index is 1310. The summed E-state index contributed by atoms with van der Waals surface area (Å²) in [6.07, 6.45) is 9.88. The molecule has 3 aromatic rings. The first-order chi connectivity index (χ1) is 19.3. The zero-order chi connectivity index (χ0) is 28.2. The molecule has 1 amide bonds. The van der Waals surface area contributed by atoms with Crippen molar-refractivity contribution < 1.29 is 4.79 Å². The van der Waals surface area contributed by atoms with Crippen molar-refractivity contribution in [3.63, 3.8) is 0 Å². The van der Waals surface area contributed by atoms with E-state index in [4.69, 9.17) is 34.7 Å². The Balaban J connectivity index is 1.18. The van der Waals surface area contributed by atoms with Crippen molar-refractivity contribution in [1.82, 2.24) is 29.3 Å². The number of aromatic nitrogens is 4. The summed E-state index contributed by atoms with van der Waals surface area (Å²) >= 11 is 12.8. The molecule has 2 fully saturated rings. The van der Waals surface area contributed by atoms with Crippen LogP contribution >= 0.6 is 23.2 Å². The lowest BCUT2D eigenvalue weighted by atomic mass is 9.97. The highest BCUT2D eigenvalue weighted by Gasteiger charge is 2.34. The lowest BCUT2D eigenvalue weighted by molar-refractivity contribution is 0.0610. The summed E-state index contributed by atoms with van der Waals surface area (Å²) in [6, 6.07) is 7.20. The van der Waals surface area contributed by atoms with Crippen molar-refractivity contribution in [3.8, 4) is 0 Å². The van der Waals surface area contributed by atoms with Gasteiger partial charge in [-0.1, -0.05) is 36.2 Å². The molecule has 2 saturated heterocycles. The van der Waals surface area contributed by atoms with Crippen LogP contribution in [-0.2, 0) is 19.5 Å². The number of piperidine rings is 1. The van der Waals surface area contributed by atoms with Crippen molar-refractivity contribution in [3.05, 3.63) is 63.9 Å². The molecule has 2 aromatic heterocycles. The Kier molecular flexibility index (Phi) is 9.10. The number of hydrogen-bond donors (Lipinski definition) is 2. The Hall–Kier alpha value is -2.92. The zero-order valence-corrected chi connectivity index (χ0v) is 24.4. The van der Waals surface area contributed by atoms with Gasteiger partial charge in [0.15, 0.2) is 22.5 Å². The molecule has 2 aliphatic rings. The number of carbonyl (C=O) groups excluding carboxylic acids is 1. The average molecular weight is 587 g/mol. The molecule has 4 heterocycles. The molecule has 12 heteroatoms. The molecule has 0 aliphatic carbocycles. The number of nitrogens with zero attached hydrogens (tertiary/aromatic N) is 7. The number of imidazole rings is 1. The topological polar surface area (TPSA) is 122 Å². The van der Waals surface area contributed by atoms with Crippen LogP contribution in [0.3, 0.4) is 0 Å². The van der Waals surface area contributed by atoms with E-state index in [9.17, 15) is 4.79 Å². The molecule has 40 heavy (non-hydrogen) atoms. The molecule has 0 saturated carbocycles. The quantitative estimate of drug-likeness (QED) is 0.391. The molecule has 4 N–H and O–H groups in total. The van der Waals surface area contributed by atoms with Crippen LogP contribution in [0.1, 0.15) is 47.8 Å². The number of benzene rings is 1. The van der Waals surface area contributed by atoms with Crippen molar-refractivity contribution in [2.45, 2.75) is 57.8 Å². The standard InChI is InChI=1S/C28H37Cl2N9O/c1-2-22-17-38(28-25(30)34-24(27(32)40)26(31)35-28)13-14-39(22)23-6-10-36(11-7-23)16-20-3-4-21(29)15-19(20)5-9-37-12-8-33-18-37/h3-4,8,12,15,18,22-23H,2,5-7,9-11,13-14,16-17H2,1H3,(H2,31,35)(H2,32,40)/t22-/m0/s1. The molecule has 1 aromatic carbocycles. The van der Waals surface area contributed by atoms with E-state index in [0.717, 1.165) is 76.5 Å². The Morgan fingerprint density at radius 1 is 1.10 bits per heavy atom. The number of anilines is 2. The normalized spacial score (nSPS) is 19.3. The zero-order valence-electron chi connectivity index (χ0n) is 22.8. The number of rotatable bonds is 9. The summed E-state index contributed by atoms with van der Waals surface area (Å²) in [4.78, 5) is 31.6. The van der Waals surface area contributed by atoms with Crippen molar-refractivity contribution >= 4 is 40.7 Å². The number of aryl methyl sites for hydroxylation is 2. The minimum atomic E-state index is -0.734. The Morgan fingerprint density at radius 2 is 1.90 bits per heavy atom. The van der Waals surface area contributed by atoms with E-state index in [1.54, 1.807) is 0 Å². The van der Waals surface area contributed by atoms with Gasteiger partial charge in [0.1, 0.15) is 0 Å². The predicted molar refractivity (Wildman–Crippen MR) is 159 cm³/mol. The lowest BCUT2D eigenvalue weighted by Gasteiger charge is -2.47. The van der Waals surface area contributed by atoms with Crippen molar-refractivity contribution in [2.24, 2.45) is 5.73 Å². The molecule has 5 rings (SSSR count). The number of amides is 1. The SMILES string of the molecule is CC[C@H]1CN(c2nc(N)c(C(N)=O)nc2Cl)CCN1C1CCN(Cc2ccc(Cl)cc2CCn2ccnc2)CC1. The van der Waals surface area contributed by atoms with Crippen LogP contribution in [0.2, 0.25) is 10.2 Å². The Morgan fingerprint density at radius 3 is 2.60 bits per heavy atom. The highest BCUT2D eigenvalue weighted by atomic mass is 35.5. The lowest BCUT2D eigenvalue weighted by Crippen LogP contribution is -2.58. The first-order valence-corrected chi connectivity index (χ1v) is 14.7. The summed E-state index contributed by atoms with van der Waals surface area (Å²) in [6.45, 7) is 8.64. The summed E-state index contributed by atoms with van der Waals surface area (Å²) in [5, 5.41) is 0.942. The van der Waals surface area contributed by atoms with Gasteiger partial charge in [0.05, 0.1) is 6.33 Å². The maximum Gasteiger partial charge on any atom is 0.271 e. The summed E-state index contributed by atoms with van der Waals surface area (Å²) in [5.41, 5.74) is 13.9. The molecule has 0 radical (unpaired) electrons. The van der Waals surface area contributed by atoms with Gasteiger partial charge in [0.25, 0.3) is 5.91 Å². The summed E-state index contributed by atoms with van der Waals surface area (Å²) in [5.74, 6) is -0.202. The van der Waals surface area contributed by atoms with Crippen LogP contribution in [0.5, 0.6) is 0 Å². The molecular formula is C28H37Cl2N9O. The molecular weight excluding hydrogens is 549 g/mol. The summed E-state index contributed by atoms with van der Waals surface area (Å²) < 4.78 is 2.10. The second kappa shape index (κ2) is 12.7. The van der Waals surface area contributed by atoms with E-state index in [1.807, 2.05) is 24.8 Å². The van der Waals surface area contributed by atoms with E-state index in [0.29, 0.717) is 17.9 Å². The first-order valence-electron chi connectivity index (χ1n) is 13.9. The van der Waals surface area contributed by atoms with Gasteiger partial charge in [-0.3, -0.25) is 14.6 Å². The minimum Gasteiger partial charge on any atom is -0.382 e. The smallest absolute Gasteiger partial charge is 0.271 e. The van der Waals surface area contributed by atoms with E-state index < -0.39 is 5.91 Å². The minimum absolute atomic E-state index is 0.0142. The second-order valence-electron chi connectivity index (χ2n) is 10.7. The molecule has 10 nitrogen and oxygen atoms in total. The van der Waals surface area contributed by atoms with Gasteiger partial charge in [-0.2, -0.15) is 0 Å². The number of halogens is 2. The highest BCUT2D eigenvalue weighted by molar-refractivity contribution is 6.32. The summed E-state index contributed by atoms with van der Waals surface area (Å²) in [7, 11) is 0. The van der Waals surface area contributed by atoms with Crippen LogP contribution < -0.4 is 16.4 Å². The molecule has 0 bridgehead atoms. The molecule has 0 spiro atoms. The highest BCUT2D eigenvalue weighted by Crippen LogP contribution is 2.30. The maximum atomic E-state index is 11.6. The largest absolute Gasteiger partial charge is 0.382 e. The van der Waals surface area contributed by atoms with Crippen molar-refractivity contribution in [1.29, 1.82) is 0 Å². The van der Waals surface area contributed by atoms with Gasteiger partial charge in [-0.05, 0) is 62.0 Å². The van der Waals surface area contributed by atoms with E-state index in [-0.39, 0.29) is 16.7 Å².